The standard InChI is InChI=1S/C14H10N2/c15-12-8-9-16-13-7-6-10-4-2-1-3-5-11(10)14(12)13/h1-9,15H. The van der Waals surface area contributed by atoms with Crippen molar-refractivity contribution in [2.75, 3.05) is 0 Å². The molecule has 0 aliphatic rings. The first-order valence-corrected chi connectivity index (χ1v) is 5.18. The summed E-state index contributed by atoms with van der Waals surface area (Å²) in [5.41, 5.74) is 0.881. The maximum atomic E-state index is 7.97. The van der Waals surface area contributed by atoms with Gasteiger partial charge in [-0.15, -0.1) is 0 Å². The highest BCUT2D eigenvalue weighted by Crippen LogP contribution is 2.19. The molecule has 0 saturated carbocycles. The number of hydrogen-bond donors (Lipinski definition) is 1. The van der Waals surface area contributed by atoms with E-state index < -0.39 is 0 Å². The Morgan fingerprint density at radius 1 is 0.875 bits per heavy atom. The van der Waals surface area contributed by atoms with E-state index in [1.54, 1.807) is 12.3 Å². The second-order valence-corrected chi connectivity index (χ2v) is 3.73. The van der Waals surface area contributed by atoms with Crippen LogP contribution in [0.25, 0.3) is 21.7 Å². The van der Waals surface area contributed by atoms with Crippen molar-refractivity contribution in [3.05, 3.63) is 60.1 Å². The van der Waals surface area contributed by atoms with Crippen molar-refractivity contribution in [1.29, 1.82) is 5.41 Å². The lowest BCUT2D eigenvalue weighted by molar-refractivity contribution is 1.27. The molecule has 0 atom stereocenters. The van der Waals surface area contributed by atoms with Crippen LogP contribution in [-0.2, 0) is 0 Å². The average Bonchev–Trinajstić information content (AvgIpc) is 2.54. The molecule has 0 radical (unpaired) electrons. The highest BCUT2D eigenvalue weighted by molar-refractivity contribution is 6.05. The van der Waals surface area contributed by atoms with Crippen LogP contribution in [0.2, 0.25) is 0 Å². The number of aromatic nitrogens is 1. The Balaban J connectivity index is 2.70. The van der Waals surface area contributed by atoms with Crippen LogP contribution >= 0.6 is 0 Å². The molecule has 0 spiro atoms. The number of nitrogens with one attached hydrogen (secondary N) is 1. The first-order valence-electron chi connectivity index (χ1n) is 5.18. The number of benzene rings is 1. The smallest absolute Gasteiger partial charge is 0.0729 e. The Kier molecular flexibility index (Phi) is 1.93. The summed E-state index contributed by atoms with van der Waals surface area (Å²) in [5.74, 6) is 0. The Morgan fingerprint density at radius 3 is 2.69 bits per heavy atom. The lowest BCUT2D eigenvalue weighted by atomic mass is 10.1. The van der Waals surface area contributed by atoms with Gasteiger partial charge in [-0.1, -0.05) is 36.4 Å². The normalized spacial score (nSPS) is 10.8. The number of rotatable bonds is 0. The van der Waals surface area contributed by atoms with E-state index in [-0.39, 0.29) is 0 Å². The number of fused-ring (bicyclic) bond motifs is 3. The second-order valence-electron chi connectivity index (χ2n) is 3.73. The predicted octanol–water partition coefficient (Wildman–Crippen LogP) is 2.87. The zero-order valence-electron chi connectivity index (χ0n) is 8.64. The fourth-order valence-corrected chi connectivity index (χ4v) is 1.99. The lowest BCUT2D eigenvalue weighted by Gasteiger charge is -1.99. The minimum Gasteiger partial charge on any atom is -0.300 e. The number of pyridine rings is 1. The molecule has 0 aliphatic carbocycles. The van der Waals surface area contributed by atoms with Gasteiger partial charge in [-0.3, -0.25) is 4.98 Å². The predicted molar refractivity (Wildman–Crippen MR) is 65.1 cm³/mol. The van der Waals surface area contributed by atoms with Gasteiger partial charge in [0.15, 0.2) is 0 Å². The molecule has 2 heteroatoms. The second kappa shape index (κ2) is 3.42. The summed E-state index contributed by atoms with van der Waals surface area (Å²) >= 11 is 0. The van der Waals surface area contributed by atoms with Gasteiger partial charge >= 0.3 is 0 Å². The fourth-order valence-electron chi connectivity index (χ4n) is 1.99. The van der Waals surface area contributed by atoms with Crippen molar-refractivity contribution in [2.24, 2.45) is 0 Å². The molecule has 1 N–H and O–H groups in total. The molecule has 0 aliphatic heterocycles. The van der Waals surface area contributed by atoms with E-state index in [1.165, 1.54) is 0 Å². The Hall–Kier alpha value is -2.22. The van der Waals surface area contributed by atoms with E-state index in [0.717, 1.165) is 21.7 Å². The molecule has 1 aromatic heterocycles. The summed E-state index contributed by atoms with van der Waals surface area (Å²) < 4.78 is 0. The maximum absolute atomic E-state index is 7.97. The van der Waals surface area contributed by atoms with Gasteiger partial charge in [-0.2, -0.15) is 0 Å². The van der Waals surface area contributed by atoms with Crippen LogP contribution in [0.1, 0.15) is 0 Å². The minimum atomic E-state index is 0.529. The van der Waals surface area contributed by atoms with Gasteiger partial charge in [0.1, 0.15) is 0 Å². The summed E-state index contributed by atoms with van der Waals surface area (Å²) in [6.45, 7) is 0. The third-order valence-electron chi connectivity index (χ3n) is 2.74. The van der Waals surface area contributed by atoms with Gasteiger partial charge in [0.25, 0.3) is 0 Å². The molecule has 0 fully saturated rings. The van der Waals surface area contributed by atoms with Crippen LogP contribution < -0.4 is 5.36 Å². The van der Waals surface area contributed by atoms with Crippen LogP contribution in [0, 0.1) is 5.41 Å². The first kappa shape index (κ1) is 9.04. The number of nitrogens with zero attached hydrogens (tertiary/aromatic N) is 1. The molecule has 0 bridgehead atoms. The van der Waals surface area contributed by atoms with E-state index in [2.05, 4.69) is 11.1 Å². The monoisotopic (exact) mass is 206 g/mol. The molecule has 76 valence electrons. The van der Waals surface area contributed by atoms with E-state index in [9.17, 15) is 0 Å². The van der Waals surface area contributed by atoms with Gasteiger partial charge in [0, 0.05) is 11.6 Å². The molecule has 2 aromatic carbocycles. The molecule has 0 saturated heterocycles. The zero-order chi connectivity index (χ0) is 11.0. The molecule has 16 heavy (non-hydrogen) atoms. The van der Waals surface area contributed by atoms with Crippen LogP contribution in [0.4, 0.5) is 0 Å². The summed E-state index contributed by atoms with van der Waals surface area (Å²) in [7, 11) is 0. The van der Waals surface area contributed by atoms with Gasteiger partial charge in [-0.05, 0) is 22.9 Å². The van der Waals surface area contributed by atoms with Crippen molar-refractivity contribution in [2.45, 2.75) is 0 Å². The molecular formula is C14H10N2. The topological polar surface area (TPSA) is 36.7 Å². The minimum absolute atomic E-state index is 0.529. The highest BCUT2D eigenvalue weighted by atomic mass is 14.6. The maximum Gasteiger partial charge on any atom is 0.0729 e. The van der Waals surface area contributed by atoms with Crippen molar-refractivity contribution in [3.63, 3.8) is 0 Å². The summed E-state index contributed by atoms with van der Waals surface area (Å²) in [5, 5.41) is 11.6. The SMILES string of the molecule is N=c1ccnc2ccc3cccccc3c12. The van der Waals surface area contributed by atoms with Gasteiger partial charge < -0.3 is 5.41 Å². The van der Waals surface area contributed by atoms with E-state index >= 15 is 0 Å². The molecule has 1 heterocycles. The Morgan fingerprint density at radius 2 is 1.75 bits per heavy atom. The van der Waals surface area contributed by atoms with Crippen molar-refractivity contribution >= 4 is 21.7 Å². The van der Waals surface area contributed by atoms with Crippen molar-refractivity contribution < 1.29 is 0 Å². The van der Waals surface area contributed by atoms with Gasteiger partial charge in [-0.25, -0.2) is 0 Å². The number of hydrogen-bond acceptors (Lipinski definition) is 2. The third-order valence-corrected chi connectivity index (χ3v) is 2.74. The van der Waals surface area contributed by atoms with Crippen molar-refractivity contribution in [1.82, 2.24) is 4.98 Å². The van der Waals surface area contributed by atoms with Crippen molar-refractivity contribution in [3.8, 4) is 0 Å². The lowest BCUT2D eigenvalue weighted by Crippen LogP contribution is -2.00. The molecule has 0 amide bonds. The third kappa shape index (κ3) is 1.27. The fraction of sp³-hybridized carbons (Fsp3) is 0. The van der Waals surface area contributed by atoms with E-state index in [0.29, 0.717) is 5.36 Å². The van der Waals surface area contributed by atoms with Crippen LogP contribution in [0.15, 0.2) is 54.7 Å². The van der Waals surface area contributed by atoms with Crippen LogP contribution in [-0.4, -0.2) is 4.98 Å². The quantitative estimate of drug-likeness (QED) is 0.603. The van der Waals surface area contributed by atoms with Crippen LogP contribution in [0.5, 0.6) is 0 Å². The summed E-state index contributed by atoms with van der Waals surface area (Å²) in [6.07, 6.45) is 1.68. The largest absolute Gasteiger partial charge is 0.300 e. The Labute approximate surface area is 92.7 Å². The molecular weight excluding hydrogens is 196 g/mol. The van der Waals surface area contributed by atoms with Gasteiger partial charge in [0.05, 0.1) is 10.9 Å². The molecule has 3 rings (SSSR count). The highest BCUT2D eigenvalue weighted by Gasteiger charge is 2.00. The molecule has 3 aromatic rings. The van der Waals surface area contributed by atoms with E-state index in [1.807, 2.05) is 36.4 Å². The summed E-state index contributed by atoms with van der Waals surface area (Å²) in [6, 6.07) is 15.8. The van der Waals surface area contributed by atoms with E-state index in [4.69, 9.17) is 5.41 Å². The van der Waals surface area contributed by atoms with Gasteiger partial charge in [0.2, 0.25) is 0 Å². The zero-order valence-corrected chi connectivity index (χ0v) is 8.64. The first-order chi connectivity index (χ1) is 7.86. The average molecular weight is 206 g/mol. The van der Waals surface area contributed by atoms with Crippen LogP contribution in [0.3, 0.4) is 0 Å². The Bertz CT molecular complexity index is 732. The molecule has 0 unspecified atom stereocenters. The molecule has 2 nitrogen and oxygen atoms in total. The summed E-state index contributed by atoms with van der Waals surface area (Å²) in [4.78, 5) is 4.29.